The van der Waals surface area contributed by atoms with Crippen LogP contribution in [0, 0.1) is 6.57 Å². The summed E-state index contributed by atoms with van der Waals surface area (Å²) in [5, 5.41) is 0.751. The molecule has 0 unspecified atom stereocenters. The lowest BCUT2D eigenvalue weighted by atomic mass is 10.2. The first-order valence-corrected chi connectivity index (χ1v) is 5.13. The van der Waals surface area contributed by atoms with E-state index < -0.39 is 0 Å². The second-order valence-electron chi connectivity index (χ2n) is 2.47. The minimum absolute atomic E-state index is 0.619. The molecule has 0 amide bonds. The third-order valence-corrected chi connectivity index (χ3v) is 2.23. The van der Waals surface area contributed by atoms with Crippen molar-refractivity contribution >= 4 is 21.6 Å². The van der Waals surface area contributed by atoms with Crippen LogP contribution in [0.1, 0.15) is 12.5 Å². The van der Waals surface area contributed by atoms with Gasteiger partial charge in [0.2, 0.25) is 0 Å². The fourth-order valence-corrected chi connectivity index (χ4v) is 1.48. The molecule has 0 radical (unpaired) electrons. The van der Waals surface area contributed by atoms with Gasteiger partial charge in [-0.15, -0.1) is 0 Å². The molecular formula is C10H10BrNO. The number of hydrogen-bond donors (Lipinski definition) is 0. The molecule has 0 heterocycles. The Bertz CT molecular complexity index is 330. The first-order chi connectivity index (χ1) is 6.31. The SMILES string of the molecule is [C-]#[N+]c1ccc(CBr)c(OCC)c1. The molecule has 1 aromatic rings. The molecule has 0 atom stereocenters. The molecule has 3 heteroatoms. The van der Waals surface area contributed by atoms with Crippen molar-refractivity contribution in [1.29, 1.82) is 0 Å². The summed E-state index contributed by atoms with van der Waals surface area (Å²) < 4.78 is 5.40. The van der Waals surface area contributed by atoms with Crippen LogP contribution in [-0.4, -0.2) is 6.61 Å². The van der Waals surface area contributed by atoms with Crippen LogP contribution < -0.4 is 4.74 Å². The van der Waals surface area contributed by atoms with Crippen LogP contribution in [0.3, 0.4) is 0 Å². The van der Waals surface area contributed by atoms with E-state index in [1.54, 1.807) is 12.1 Å². The lowest BCUT2D eigenvalue weighted by Crippen LogP contribution is -1.94. The molecule has 0 aliphatic carbocycles. The zero-order valence-electron chi connectivity index (χ0n) is 7.38. The third-order valence-electron chi connectivity index (χ3n) is 1.62. The van der Waals surface area contributed by atoms with E-state index in [-0.39, 0.29) is 0 Å². The van der Waals surface area contributed by atoms with E-state index in [4.69, 9.17) is 11.3 Å². The summed E-state index contributed by atoms with van der Waals surface area (Å²) in [5.41, 5.74) is 1.70. The maximum atomic E-state index is 6.86. The Morgan fingerprint density at radius 1 is 1.54 bits per heavy atom. The van der Waals surface area contributed by atoms with Crippen LogP contribution in [0.15, 0.2) is 18.2 Å². The summed E-state index contributed by atoms with van der Waals surface area (Å²) >= 11 is 3.37. The van der Waals surface area contributed by atoms with E-state index in [2.05, 4.69) is 20.8 Å². The quantitative estimate of drug-likeness (QED) is 0.582. The zero-order valence-corrected chi connectivity index (χ0v) is 8.97. The molecule has 0 fully saturated rings. The normalized spacial score (nSPS) is 9.31. The highest BCUT2D eigenvalue weighted by molar-refractivity contribution is 9.08. The van der Waals surface area contributed by atoms with Crippen molar-refractivity contribution in [2.45, 2.75) is 12.3 Å². The average molecular weight is 240 g/mol. The monoisotopic (exact) mass is 239 g/mol. The van der Waals surface area contributed by atoms with Crippen molar-refractivity contribution < 1.29 is 4.74 Å². The highest BCUT2D eigenvalue weighted by atomic mass is 79.9. The van der Waals surface area contributed by atoms with Crippen LogP contribution in [0.25, 0.3) is 4.85 Å². The molecule has 68 valence electrons. The standard InChI is InChI=1S/C10H10BrNO/c1-3-13-10-6-9(12-2)5-4-8(10)7-11/h4-6H,3,7H2,1H3. The van der Waals surface area contributed by atoms with Gasteiger partial charge in [0, 0.05) is 10.9 Å². The summed E-state index contributed by atoms with van der Waals surface area (Å²) in [6, 6.07) is 5.48. The van der Waals surface area contributed by atoms with Crippen LogP contribution in [0.2, 0.25) is 0 Å². The number of hydrogen-bond acceptors (Lipinski definition) is 1. The van der Waals surface area contributed by atoms with Gasteiger partial charge in [-0.3, -0.25) is 0 Å². The fourth-order valence-electron chi connectivity index (χ4n) is 1.01. The summed E-state index contributed by atoms with van der Waals surface area (Å²) in [4.78, 5) is 3.34. The molecule has 13 heavy (non-hydrogen) atoms. The Labute approximate surface area is 86.5 Å². The molecule has 0 N–H and O–H groups in total. The smallest absolute Gasteiger partial charge is 0.190 e. The van der Waals surface area contributed by atoms with Gasteiger partial charge in [0.05, 0.1) is 13.2 Å². The molecule has 2 nitrogen and oxygen atoms in total. The van der Waals surface area contributed by atoms with Crippen LogP contribution in [-0.2, 0) is 5.33 Å². The van der Waals surface area contributed by atoms with Crippen molar-refractivity contribution in [2.75, 3.05) is 6.61 Å². The van der Waals surface area contributed by atoms with Crippen molar-refractivity contribution in [3.63, 3.8) is 0 Å². The predicted octanol–water partition coefficient (Wildman–Crippen LogP) is 3.53. The largest absolute Gasteiger partial charge is 0.495 e. The van der Waals surface area contributed by atoms with Crippen molar-refractivity contribution in [1.82, 2.24) is 0 Å². The molecule has 1 rings (SSSR count). The number of ether oxygens (including phenoxy) is 1. The molecule has 0 bridgehead atoms. The zero-order chi connectivity index (χ0) is 9.68. The summed E-state index contributed by atoms with van der Waals surface area (Å²) in [5.74, 6) is 0.799. The van der Waals surface area contributed by atoms with Crippen LogP contribution >= 0.6 is 15.9 Å². The van der Waals surface area contributed by atoms with E-state index >= 15 is 0 Å². The molecular weight excluding hydrogens is 230 g/mol. The highest BCUT2D eigenvalue weighted by Gasteiger charge is 2.02. The lowest BCUT2D eigenvalue weighted by molar-refractivity contribution is 0.338. The Morgan fingerprint density at radius 2 is 2.31 bits per heavy atom. The minimum atomic E-state index is 0.619. The molecule has 0 saturated carbocycles. The Kier molecular flexibility index (Phi) is 3.78. The van der Waals surface area contributed by atoms with E-state index in [1.165, 1.54) is 0 Å². The second-order valence-corrected chi connectivity index (χ2v) is 3.03. The van der Waals surface area contributed by atoms with E-state index in [0.29, 0.717) is 12.3 Å². The van der Waals surface area contributed by atoms with Gasteiger partial charge in [-0.2, -0.15) is 0 Å². The molecule has 0 spiro atoms. The summed E-state index contributed by atoms with van der Waals surface area (Å²) in [7, 11) is 0. The number of nitrogens with zero attached hydrogens (tertiary/aromatic N) is 1. The van der Waals surface area contributed by atoms with Crippen molar-refractivity contribution in [3.8, 4) is 5.75 Å². The van der Waals surface area contributed by atoms with E-state index in [1.807, 2.05) is 13.0 Å². The molecule has 1 aromatic carbocycles. The first kappa shape index (κ1) is 10.1. The Balaban J connectivity index is 3.04. The van der Waals surface area contributed by atoms with Gasteiger partial charge in [-0.25, -0.2) is 4.85 Å². The van der Waals surface area contributed by atoms with E-state index in [9.17, 15) is 0 Å². The highest BCUT2D eigenvalue weighted by Crippen LogP contribution is 2.26. The third kappa shape index (κ3) is 2.46. The lowest BCUT2D eigenvalue weighted by Gasteiger charge is -2.07. The molecule has 0 aromatic heterocycles. The van der Waals surface area contributed by atoms with Gasteiger partial charge in [0.1, 0.15) is 5.75 Å². The van der Waals surface area contributed by atoms with Crippen molar-refractivity contribution in [3.05, 3.63) is 35.2 Å². The van der Waals surface area contributed by atoms with Gasteiger partial charge in [0.25, 0.3) is 0 Å². The topological polar surface area (TPSA) is 13.6 Å². The van der Waals surface area contributed by atoms with Gasteiger partial charge in [-0.1, -0.05) is 28.1 Å². The molecule has 0 saturated heterocycles. The second kappa shape index (κ2) is 4.88. The molecule has 0 aliphatic heterocycles. The predicted molar refractivity (Wildman–Crippen MR) is 56.5 cm³/mol. The Hall–Kier alpha value is -1.01. The maximum Gasteiger partial charge on any atom is 0.190 e. The minimum Gasteiger partial charge on any atom is -0.495 e. The average Bonchev–Trinajstić information content (AvgIpc) is 2.18. The maximum absolute atomic E-state index is 6.86. The van der Waals surface area contributed by atoms with Gasteiger partial charge in [0.15, 0.2) is 5.69 Å². The van der Waals surface area contributed by atoms with Gasteiger partial charge in [-0.05, 0) is 13.0 Å². The van der Waals surface area contributed by atoms with Gasteiger partial charge >= 0.3 is 0 Å². The van der Waals surface area contributed by atoms with Crippen molar-refractivity contribution in [2.24, 2.45) is 0 Å². The number of alkyl halides is 1. The number of halogens is 1. The van der Waals surface area contributed by atoms with Crippen LogP contribution in [0.4, 0.5) is 5.69 Å². The Morgan fingerprint density at radius 3 is 2.85 bits per heavy atom. The number of rotatable bonds is 3. The number of benzene rings is 1. The van der Waals surface area contributed by atoms with Gasteiger partial charge < -0.3 is 4.74 Å². The first-order valence-electron chi connectivity index (χ1n) is 4.01. The summed E-state index contributed by atoms with van der Waals surface area (Å²) in [6.45, 7) is 9.42. The van der Waals surface area contributed by atoms with Crippen LogP contribution in [0.5, 0.6) is 5.75 Å². The van der Waals surface area contributed by atoms with E-state index in [0.717, 1.165) is 16.6 Å². The fraction of sp³-hybridized carbons (Fsp3) is 0.300. The summed E-state index contributed by atoms with van der Waals surface area (Å²) in [6.07, 6.45) is 0. The molecule has 0 aliphatic rings.